The first-order chi connectivity index (χ1) is 17.5. The number of halogens is 3. The third-order valence-corrected chi connectivity index (χ3v) is 6.68. The molecule has 0 saturated carbocycles. The fraction of sp³-hybridized carbons (Fsp3) is 0.179. The average molecular weight is 536 g/mol. The number of fused-ring (bicyclic) bond motifs is 3. The summed E-state index contributed by atoms with van der Waals surface area (Å²) < 4.78 is 15.4. The number of carbonyl (C=O) groups is 1. The van der Waals surface area contributed by atoms with E-state index in [0.717, 1.165) is 39.8 Å². The van der Waals surface area contributed by atoms with Crippen molar-refractivity contribution in [1.29, 1.82) is 5.26 Å². The first-order valence-corrected chi connectivity index (χ1v) is 12.0. The molecule has 0 fully saturated rings. The lowest BCUT2D eigenvalue weighted by atomic mass is 10.0. The van der Waals surface area contributed by atoms with Gasteiger partial charge in [0.1, 0.15) is 5.82 Å². The summed E-state index contributed by atoms with van der Waals surface area (Å²) >= 11 is 5.77. The first kappa shape index (κ1) is 26.4. The van der Waals surface area contributed by atoms with E-state index in [0.29, 0.717) is 31.6 Å². The molecule has 0 aliphatic carbocycles. The molecule has 5 rings (SSSR count). The standard InChI is InChI=1S/C28H23ClFN5O.ClH/c29-24-6-4-19(14-25(24)30)2-1-12-34-13-9-26-23(18-34)22-5-3-21(16-31)15-27(22)35(26)28(36)33-17-20-7-10-32-11-8-20;/h1-8,10-11,14-15H,9,12-13,17-18H2,(H,33,36);1H/b2-1+;. The number of nitrogens with one attached hydrogen (secondary N) is 1. The van der Waals surface area contributed by atoms with E-state index in [1.165, 1.54) is 6.07 Å². The van der Waals surface area contributed by atoms with Crippen LogP contribution in [0.15, 0.2) is 67.0 Å². The van der Waals surface area contributed by atoms with Gasteiger partial charge in [-0.05, 0) is 53.1 Å². The highest BCUT2D eigenvalue weighted by Crippen LogP contribution is 2.31. The van der Waals surface area contributed by atoms with Gasteiger partial charge in [-0.25, -0.2) is 9.18 Å². The number of carbonyl (C=O) groups excluding carboxylic acids is 1. The Morgan fingerprint density at radius 3 is 2.76 bits per heavy atom. The van der Waals surface area contributed by atoms with Gasteiger partial charge in [-0.15, -0.1) is 12.4 Å². The van der Waals surface area contributed by atoms with Crippen molar-refractivity contribution in [1.82, 2.24) is 19.8 Å². The van der Waals surface area contributed by atoms with Crippen molar-refractivity contribution >= 4 is 47.0 Å². The molecular formula is C28H24Cl2FN5O. The van der Waals surface area contributed by atoms with E-state index in [1.54, 1.807) is 41.2 Å². The molecule has 1 amide bonds. The van der Waals surface area contributed by atoms with Gasteiger partial charge in [-0.1, -0.05) is 35.9 Å². The second-order valence-electron chi connectivity index (χ2n) is 8.68. The van der Waals surface area contributed by atoms with Gasteiger partial charge < -0.3 is 5.32 Å². The van der Waals surface area contributed by atoms with Crippen molar-refractivity contribution in [3.8, 4) is 6.07 Å². The highest BCUT2D eigenvalue weighted by Gasteiger charge is 2.26. The van der Waals surface area contributed by atoms with Crippen LogP contribution in [0.2, 0.25) is 5.02 Å². The van der Waals surface area contributed by atoms with Gasteiger partial charge in [-0.3, -0.25) is 14.5 Å². The number of pyridine rings is 1. The summed E-state index contributed by atoms with van der Waals surface area (Å²) in [5, 5.41) is 13.5. The molecular weight excluding hydrogens is 512 g/mol. The molecule has 0 atom stereocenters. The van der Waals surface area contributed by atoms with Crippen LogP contribution in [0.4, 0.5) is 9.18 Å². The maximum absolute atomic E-state index is 13.7. The Balaban J connectivity index is 0.00000320. The van der Waals surface area contributed by atoms with E-state index >= 15 is 0 Å². The maximum Gasteiger partial charge on any atom is 0.326 e. The molecule has 6 nitrogen and oxygen atoms in total. The van der Waals surface area contributed by atoms with Crippen molar-refractivity contribution in [2.75, 3.05) is 13.1 Å². The number of aromatic nitrogens is 2. The molecule has 1 aliphatic heterocycles. The molecule has 1 aliphatic rings. The topological polar surface area (TPSA) is 74.0 Å². The second kappa shape index (κ2) is 11.6. The van der Waals surface area contributed by atoms with Gasteiger partial charge in [0, 0.05) is 56.1 Å². The second-order valence-corrected chi connectivity index (χ2v) is 9.09. The molecule has 0 unspecified atom stereocenters. The lowest BCUT2D eigenvalue weighted by Gasteiger charge is -2.27. The summed E-state index contributed by atoms with van der Waals surface area (Å²) in [5.74, 6) is -0.437. The molecule has 0 bridgehead atoms. The Morgan fingerprint density at radius 2 is 2.00 bits per heavy atom. The molecule has 9 heteroatoms. The SMILES string of the molecule is Cl.N#Cc1ccc2c3c(n(C(=O)NCc4ccncc4)c2c1)CCN(C/C=C/c1ccc(Cl)c(F)c1)C3. The number of hydrogen-bond acceptors (Lipinski definition) is 4. The lowest BCUT2D eigenvalue weighted by molar-refractivity contribution is 0.240. The van der Waals surface area contributed by atoms with Gasteiger partial charge in [0.15, 0.2) is 0 Å². The van der Waals surface area contributed by atoms with Crippen molar-refractivity contribution in [3.63, 3.8) is 0 Å². The number of amides is 1. The summed E-state index contributed by atoms with van der Waals surface area (Å²) in [6.45, 7) is 2.50. The number of hydrogen-bond donors (Lipinski definition) is 1. The third-order valence-electron chi connectivity index (χ3n) is 6.37. The summed E-state index contributed by atoms with van der Waals surface area (Å²) in [6, 6.07) is 15.9. The van der Waals surface area contributed by atoms with E-state index in [-0.39, 0.29) is 23.5 Å². The molecule has 2 aromatic carbocycles. The van der Waals surface area contributed by atoms with Gasteiger partial charge in [0.05, 0.1) is 22.2 Å². The molecule has 0 radical (unpaired) electrons. The number of nitrogens with zero attached hydrogens (tertiary/aromatic N) is 4. The van der Waals surface area contributed by atoms with Crippen LogP contribution in [0.3, 0.4) is 0 Å². The monoisotopic (exact) mass is 535 g/mol. The van der Waals surface area contributed by atoms with Crippen LogP contribution in [0.5, 0.6) is 0 Å². The van der Waals surface area contributed by atoms with Crippen LogP contribution in [-0.2, 0) is 19.5 Å². The van der Waals surface area contributed by atoms with E-state index in [4.69, 9.17) is 11.6 Å². The van der Waals surface area contributed by atoms with Crippen LogP contribution in [0.25, 0.3) is 17.0 Å². The molecule has 0 spiro atoms. The maximum atomic E-state index is 13.7. The van der Waals surface area contributed by atoms with Gasteiger partial charge in [0.2, 0.25) is 0 Å². The fourth-order valence-electron chi connectivity index (χ4n) is 4.58. The molecule has 0 saturated heterocycles. The van der Waals surface area contributed by atoms with E-state index < -0.39 is 5.82 Å². The van der Waals surface area contributed by atoms with Gasteiger partial charge in [0.25, 0.3) is 0 Å². The summed E-state index contributed by atoms with van der Waals surface area (Å²) in [5.41, 5.74) is 5.01. The van der Waals surface area contributed by atoms with Crippen LogP contribution in [0.1, 0.15) is 27.9 Å². The Bertz CT molecular complexity index is 1510. The first-order valence-electron chi connectivity index (χ1n) is 11.6. The summed E-state index contributed by atoms with van der Waals surface area (Å²) in [4.78, 5) is 19.6. The normalized spacial score (nSPS) is 13.2. The predicted molar refractivity (Wildman–Crippen MR) is 145 cm³/mol. The van der Waals surface area contributed by atoms with Crippen LogP contribution >= 0.6 is 24.0 Å². The third kappa shape index (κ3) is 5.67. The quantitative estimate of drug-likeness (QED) is 0.342. The molecule has 4 aromatic rings. The van der Waals surface area contributed by atoms with E-state index in [2.05, 4.69) is 21.3 Å². The zero-order chi connectivity index (χ0) is 25.1. The minimum atomic E-state index is -0.437. The minimum Gasteiger partial charge on any atom is -0.333 e. The van der Waals surface area contributed by atoms with Crippen LogP contribution < -0.4 is 5.32 Å². The van der Waals surface area contributed by atoms with Crippen molar-refractivity contribution in [2.45, 2.75) is 19.5 Å². The average Bonchev–Trinajstić information content (AvgIpc) is 3.23. The van der Waals surface area contributed by atoms with E-state index in [1.807, 2.05) is 30.4 Å². The Kier molecular flexibility index (Phi) is 8.24. The Hall–Kier alpha value is -3.70. The van der Waals surface area contributed by atoms with Crippen molar-refractivity contribution in [3.05, 3.63) is 106 Å². The lowest BCUT2D eigenvalue weighted by Crippen LogP contribution is -2.34. The molecule has 37 heavy (non-hydrogen) atoms. The minimum absolute atomic E-state index is 0. The smallest absolute Gasteiger partial charge is 0.326 e. The summed E-state index contributed by atoms with van der Waals surface area (Å²) in [7, 11) is 0. The molecule has 3 heterocycles. The Labute approximate surface area is 225 Å². The van der Waals surface area contributed by atoms with Gasteiger partial charge >= 0.3 is 6.03 Å². The zero-order valence-corrected chi connectivity index (χ0v) is 21.4. The van der Waals surface area contributed by atoms with Crippen LogP contribution in [0, 0.1) is 17.1 Å². The van der Waals surface area contributed by atoms with Crippen molar-refractivity contribution < 1.29 is 9.18 Å². The molecule has 1 N–H and O–H groups in total. The van der Waals surface area contributed by atoms with Crippen molar-refractivity contribution in [2.24, 2.45) is 0 Å². The highest BCUT2D eigenvalue weighted by molar-refractivity contribution is 6.30. The number of nitriles is 1. The molecule has 188 valence electrons. The number of rotatable bonds is 5. The summed E-state index contributed by atoms with van der Waals surface area (Å²) in [6.07, 6.45) is 7.96. The molecule has 2 aromatic heterocycles. The largest absolute Gasteiger partial charge is 0.333 e. The Morgan fingerprint density at radius 1 is 1.19 bits per heavy atom. The zero-order valence-electron chi connectivity index (χ0n) is 19.8. The van der Waals surface area contributed by atoms with Gasteiger partial charge in [-0.2, -0.15) is 5.26 Å². The van der Waals surface area contributed by atoms with Crippen LogP contribution in [-0.4, -0.2) is 33.6 Å². The van der Waals surface area contributed by atoms with E-state index in [9.17, 15) is 14.4 Å². The fourth-order valence-corrected chi connectivity index (χ4v) is 4.70. The number of benzene rings is 2. The predicted octanol–water partition coefficient (Wildman–Crippen LogP) is 5.95. The highest BCUT2D eigenvalue weighted by atomic mass is 35.5.